The van der Waals surface area contributed by atoms with Gasteiger partial charge in [0.05, 0.1) is 12.1 Å². The quantitative estimate of drug-likeness (QED) is 0.183. The second-order valence-electron chi connectivity index (χ2n) is 16.0. The van der Waals surface area contributed by atoms with E-state index in [0.29, 0.717) is 25.8 Å². The number of amides is 7. The van der Waals surface area contributed by atoms with Crippen LogP contribution in [0.15, 0.2) is 0 Å². The lowest BCUT2D eigenvalue weighted by Crippen LogP contribution is -2.61. The number of urea groups is 1. The molecule has 4 aliphatic rings. The minimum absolute atomic E-state index is 0.0210. The van der Waals surface area contributed by atoms with Crippen LogP contribution in [0.1, 0.15) is 112 Å². The van der Waals surface area contributed by atoms with Crippen molar-refractivity contribution in [2.75, 3.05) is 13.1 Å². The molecule has 4 atom stereocenters. The standard InChI is InChI=1S/C34H54N6O7/c1-33(2,3)24(19-40-25(41)17-34(4,5)18-26(40)42)37-32(47)38-27(21-10-7-6-8-11-21)31(46)39-15-9-12-23(39)30(45)36-22(16-20-13-14-20)28(43)29(35)44/h20-24,27H,6-19H2,1-5H3,(H2,35,44)(H,36,45)(H2,37,38,47)/t22?,23-,24+,27-/m0/s1. The van der Waals surface area contributed by atoms with Gasteiger partial charge in [0.25, 0.3) is 5.91 Å². The molecule has 0 aromatic carbocycles. The highest BCUT2D eigenvalue weighted by Gasteiger charge is 2.44. The van der Waals surface area contributed by atoms with Crippen LogP contribution in [0.25, 0.3) is 0 Å². The van der Waals surface area contributed by atoms with Crippen molar-refractivity contribution in [1.82, 2.24) is 25.8 Å². The fourth-order valence-electron chi connectivity index (χ4n) is 7.16. The molecule has 47 heavy (non-hydrogen) atoms. The highest BCUT2D eigenvalue weighted by molar-refractivity contribution is 6.37. The first-order valence-electron chi connectivity index (χ1n) is 17.3. The van der Waals surface area contributed by atoms with Gasteiger partial charge in [-0.05, 0) is 54.8 Å². The Hall–Kier alpha value is -3.51. The fourth-order valence-corrected chi connectivity index (χ4v) is 7.16. The smallest absolute Gasteiger partial charge is 0.315 e. The zero-order chi connectivity index (χ0) is 34.7. The van der Waals surface area contributed by atoms with E-state index in [9.17, 15) is 33.6 Å². The monoisotopic (exact) mass is 658 g/mol. The first-order chi connectivity index (χ1) is 22.0. The molecule has 2 aliphatic heterocycles. The summed E-state index contributed by atoms with van der Waals surface area (Å²) in [7, 11) is 0. The van der Waals surface area contributed by atoms with Crippen LogP contribution in [0.5, 0.6) is 0 Å². The van der Waals surface area contributed by atoms with Gasteiger partial charge in [-0.25, -0.2) is 4.79 Å². The van der Waals surface area contributed by atoms with E-state index in [2.05, 4.69) is 16.0 Å². The number of nitrogens with one attached hydrogen (secondary N) is 3. The summed E-state index contributed by atoms with van der Waals surface area (Å²) >= 11 is 0. The Bertz CT molecular complexity index is 1230. The number of hydrogen-bond donors (Lipinski definition) is 4. The highest BCUT2D eigenvalue weighted by Crippen LogP contribution is 2.35. The molecule has 262 valence electrons. The minimum atomic E-state index is -1.10. The molecule has 2 saturated heterocycles. The molecule has 0 aromatic heterocycles. The number of carbonyl (C=O) groups is 7. The normalized spacial score (nSPS) is 23.9. The van der Waals surface area contributed by atoms with Gasteiger partial charge in [-0.3, -0.25) is 33.7 Å². The summed E-state index contributed by atoms with van der Waals surface area (Å²) < 4.78 is 0. The lowest BCUT2D eigenvalue weighted by atomic mass is 9.80. The molecule has 1 unspecified atom stereocenters. The van der Waals surface area contributed by atoms with E-state index >= 15 is 0 Å². The largest absolute Gasteiger partial charge is 0.363 e. The minimum Gasteiger partial charge on any atom is -0.363 e. The summed E-state index contributed by atoms with van der Waals surface area (Å²) in [6.45, 7) is 9.86. The molecule has 7 amide bonds. The van der Waals surface area contributed by atoms with Crippen LogP contribution in [-0.4, -0.2) is 88.4 Å². The van der Waals surface area contributed by atoms with E-state index in [-0.39, 0.29) is 48.9 Å². The summed E-state index contributed by atoms with van der Waals surface area (Å²) in [4.78, 5) is 94.1. The van der Waals surface area contributed by atoms with Crippen LogP contribution in [-0.2, 0) is 28.8 Å². The third kappa shape index (κ3) is 9.53. The number of hydrogen-bond acceptors (Lipinski definition) is 7. The summed E-state index contributed by atoms with van der Waals surface area (Å²) in [5.74, 6) is -3.24. The van der Waals surface area contributed by atoms with Gasteiger partial charge in [-0.2, -0.15) is 0 Å². The number of nitrogens with two attached hydrogens (primary N) is 1. The summed E-state index contributed by atoms with van der Waals surface area (Å²) in [6.07, 6.45) is 7.97. The zero-order valence-electron chi connectivity index (χ0n) is 28.7. The van der Waals surface area contributed by atoms with E-state index in [1.807, 2.05) is 34.6 Å². The van der Waals surface area contributed by atoms with Gasteiger partial charge in [0.15, 0.2) is 0 Å². The molecule has 13 nitrogen and oxygen atoms in total. The Morgan fingerprint density at radius 1 is 0.872 bits per heavy atom. The molecular formula is C34H54N6O7. The number of ketones is 1. The second-order valence-corrected chi connectivity index (χ2v) is 16.0. The van der Waals surface area contributed by atoms with Gasteiger partial charge in [0, 0.05) is 25.9 Å². The van der Waals surface area contributed by atoms with E-state index in [0.717, 1.165) is 44.9 Å². The molecule has 0 radical (unpaired) electrons. The molecular weight excluding hydrogens is 604 g/mol. The van der Waals surface area contributed by atoms with Crippen molar-refractivity contribution in [2.24, 2.45) is 28.4 Å². The number of imide groups is 1. The third-order valence-corrected chi connectivity index (χ3v) is 10.2. The number of carbonyl (C=O) groups excluding carboxylic acids is 7. The molecule has 4 rings (SSSR count). The molecule has 13 heteroatoms. The Kier molecular flexibility index (Phi) is 11.4. The van der Waals surface area contributed by atoms with Gasteiger partial charge >= 0.3 is 6.03 Å². The molecule has 5 N–H and O–H groups in total. The van der Waals surface area contributed by atoms with Crippen molar-refractivity contribution in [3.63, 3.8) is 0 Å². The Morgan fingerprint density at radius 2 is 1.49 bits per heavy atom. The van der Waals surface area contributed by atoms with Gasteiger partial charge in [-0.15, -0.1) is 0 Å². The van der Waals surface area contributed by atoms with E-state index in [4.69, 9.17) is 5.73 Å². The number of Topliss-reactive ketones (excluding diaryl/α,β-unsaturated/α-hetero) is 1. The topological polar surface area (TPSA) is 188 Å². The van der Waals surface area contributed by atoms with E-state index in [1.165, 1.54) is 9.80 Å². The number of primary amides is 1. The lowest BCUT2D eigenvalue weighted by Gasteiger charge is -2.40. The van der Waals surface area contributed by atoms with Crippen LogP contribution in [0.2, 0.25) is 0 Å². The molecule has 2 aliphatic carbocycles. The number of piperidine rings is 1. The molecule has 0 aromatic rings. The Labute approximate surface area is 277 Å². The first kappa shape index (κ1) is 36.3. The van der Waals surface area contributed by atoms with Crippen LogP contribution < -0.4 is 21.7 Å². The van der Waals surface area contributed by atoms with Crippen molar-refractivity contribution in [1.29, 1.82) is 0 Å². The van der Waals surface area contributed by atoms with Gasteiger partial charge in [0.1, 0.15) is 12.1 Å². The first-order valence-corrected chi connectivity index (χ1v) is 17.3. The lowest BCUT2D eigenvalue weighted by molar-refractivity contribution is -0.153. The van der Waals surface area contributed by atoms with E-state index < -0.39 is 58.6 Å². The van der Waals surface area contributed by atoms with Crippen molar-refractivity contribution < 1.29 is 33.6 Å². The van der Waals surface area contributed by atoms with Crippen molar-refractivity contribution >= 4 is 41.4 Å². The average molecular weight is 659 g/mol. The third-order valence-electron chi connectivity index (χ3n) is 10.2. The van der Waals surface area contributed by atoms with Crippen molar-refractivity contribution in [3.8, 4) is 0 Å². The molecule has 0 spiro atoms. The maximum absolute atomic E-state index is 14.2. The zero-order valence-corrected chi connectivity index (χ0v) is 28.7. The second kappa shape index (κ2) is 14.7. The summed E-state index contributed by atoms with van der Waals surface area (Å²) in [6, 6.07) is -3.93. The average Bonchev–Trinajstić information content (AvgIpc) is 3.66. The maximum atomic E-state index is 14.2. The predicted molar refractivity (Wildman–Crippen MR) is 173 cm³/mol. The van der Waals surface area contributed by atoms with Gasteiger partial charge in [0.2, 0.25) is 29.4 Å². The summed E-state index contributed by atoms with van der Waals surface area (Å²) in [5.41, 5.74) is 4.32. The number of nitrogens with zero attached hydrogens (tertiary/aromatic N) is 2. The molecule has 2 heterocycles. The molecule has 2 saturated carbocycles. The maximum Gasteiger partial charge on any atom is 0.315 e. The van der Waals surface area contributed by atoms with Crippen LogP contribution in [0.4, 0.5) is 4.79 Å². The predicted octanol–water partition coefficient (Wildman–Crippen LogP) is 2.15. The number of likely N-dealkylation sites (tertiary alicyclic amines) is 2. The van der Waals surface area contributed by atoms with Crippen molar-refractivity contribution in [3.05, 3.63) is 0 Å². The number of rotatable bonds is 12. The van der Waals surface area contributed by atoms with E-state index in [1.54, 1.807) is 0 Å². The van der Waals surface area contributed by atoms with Gasteiger partial charge in [-0.1, -0.05) is 66.7 Å². The van der Waals surface area contributed by atoms with Crippen LogP contribution >= 0.6 is 0 Å². The van der Waals surface area contributed by atoms with Crippen LogP contribution in [0, 0.1) is 22.7 Å². The SMILES string of the molecule is CC1(C)CC(=O)N(C[C@@H](NC(=O)N[C@H](C(=O)N2CCC[C@H]2C(=O)NC(CC2CC2)C(=O)C(N)=O)C2CCCCC2)C(C)(C)C)C(=O)C1. The Balaban J connectivity index is 1.48. The molecule has 0 bridgehead atoms. The Morgan fingerprint density at radius 3 is 2.04 bits per heavy atom. The molecule has 4 fully saturated rings. The fraction of sp³-hybridized carbons (Fsp3) is 0.794. The van der Waals surface area contributed by atoms with Crippen molar-refractivity contribution in [2.45, 2.75) is 136 Å². The summed E-state index contributed by atoms with van der Waals surface area (Å²) in [5, 5.41) is 8.60. The highest BCUT2D eigenvalue weighted by atomic mass is 16.2. The van der Waals surface area contributed by atoms with Gasteiger partial charge < -0.3 is 26.6 Å². The van der Waals surface area contributed by atoms with Crippen LogP contribution in [0.3, 0.4) is 0 Å².